The van der Waals surface area contributed by atoms with Gasteiger partial charge in [0, 0.05) is 24.8 Å². The topological polar surface area (TPSA) is 41.3 Å². The second-order valence-corrected chi connectivity index (χ2v) is 4.75. The lowest BCUT2D eigenvalue weighted by molar-refractivity contribution is 0.281. The van der Waals surface area contributed by atoms with E-state index in [1.54, 1.807) is 0 Å². The number of benzene rings is 1. The van der Waals surface area contributed by atoms with Gasteiger partial charge in [-0.05, 0) is 32.9 Å². The van der Waals surface area contributed by atoms with Crippen molar-refractivity contribution >= 4 is 11.5 Å². The highest BCUT2D eigenvalue weighted by molar-refractivity contribution is 5.64. The summed E-state index contributed by atoms with van der Waals surface area (Å²) in [4.78, 5) is 2.17. The normalized spacial score (nSPS) is 10.8. The first-order chi connectivity index (χ1) is 9.08. The molecule has 0 amide bonds. The molecule has 19 heavy (non-hydrogen) atoms. The number of aromatic nitrogens is 2. The highest BCUT2D eigenvalue weighted by Crippen LogP contribution is 2.30. The lowest BCUT2D eigenvalue weighted by Crippen LogP contribution is -2.20. The maximum atomic E-state index is 9.57. The summed E-state index contributed by atoms with van der Waals surface area (Å²) in [6, 6.07) is 8.39. The van der Waals surface area contributed by atoms with Crippen LogP contribution in [-0.4, -0.2) is 21.4 Å². The van der Waals surface area contributed by atoms with Crippen LogP contribution in [0.25, 0.3) is 0 Å². The maximum Gasteiger partial charge on any atom is 0.136 e. The van der Waals surface area contributed by atoms with E-state index in [1.807, 2.05) is 18.7 Å². The molecule has 0 spiro atoms. The van der Waals surface area contributed by atoms with Crippen molar-refractivity contribution in [1.82, 2.24) is 9.78 Å². The lowest BCUT2D eigenvalue weighted by atomic mass is 10.2. The predicted molar refractivity (Wildman–Crippen MR) is 77.7 cm³/mol. The number of aliphatic hydroxyl groups excluding tert-OH is 1. The molecule has 0 unspecified atom stereocenters. The van der Waals surface area contributed by atoms with E-state index in [0.29, 0.717) is 0 Å². The van der Waals surface area contributed by atoms with Gasteiger partial charge in [-0.15, -0.1) is 0 Å². The van der Waals surface area contributed by atoms with Crippen LogP contribution in [0.15, 0.2) is 24.3 Å². The minimum Gasteiger partial charge on any atom is -0.391 e. The van der Waals surface area contributed by atoms with Crippen molar-refractivity contribution in [2.24, 2.45) is 7.05 Å². The summed E-state index contributed by atoms with van der Waals surface area (Å²) in [5.41, 5.74) is 4.13. The standard InChI is InChI=1S/C15H21N3O/c1-5-18(13-8-6-11(2)7-9-13)15-14(10-19)12(3)16-17(15)4/h6-9,19H,5,10H2,1-4H3. The van der Waals surface area contributed by atoms with E-state index in [2.05, 4.69) is 48.1 Å². The van der Waals surface area contributed by atoms with E-state index in [0.717, 1.165) is 29.3 Å². The van der Waals surface area contributed by atoms with Gasteiger partial charge < -0.3 is 10.0 Å². The van der Waals surface area contributed by atoms with Crippen molar-refractivity contribution in [2.75, 3.05) is 11.4 Å². The van der Waals surface area contributed by atoms with Crippen LogP contribution in [0.4, 0.5) is 11.5 Å². The lowest BCUT2D eigenvalue weighted by Gasteiger charge is -2.24. The molecule has 1 aromatic carbocycles. The van der Waals surface area contributed by atoms with Crippen molar-refractivity contribution in [3.63, 3.8) is 0 Å². The van der Waals surface area contributed by atoms with E-state index in [9.17, 15) is 5.11 Å². The van der Waals surface area contributed by atoms with Gasteiger partial charge >= 0.3 is 0 Å². The van der Waals surface area contributed by atoms with Gasteiger partial charge in [0.2, 0.25) is 0 Å². The number of aliphatic hydroxyl groups is 1. The second-order valence-electron chi connectivity index (χ2n) is 4.75. The molecular weight excluding hydrogens is 238 g/mol. The van der Waals surface area contributed by atoms with Gasteiger partial charge in [0.15, 0.2) is 0 Å². The Bertz CT molecular complexity index is 558. The molecule has 0 bridgehead atoms. The molecule has 1 N–H and O–H groups in total. The fraction of sp³-hybridized carbons (Fsp3) is 0.400. The summed E-state index contributed by atoms with van der Waals surface area (Å²) in [5, 5.41) is 14.0. The highest BCUT2D eigenvalue weighted by Gasteiger charge is 2.18. The molecule has 0 aliphatic heterocycles. The van der Waals surface area contributed by atoms with Crippen LogP contribution in [0.5, 0.6) is 0 Å². The third kappa shape index (κ3) is 2.49. The van der Waals surface area contributed by atoms with E-state index in [4.69, 9.17) is 0 Å². The summed E-state index contributed by atoms with van der Waals surface area (Å²) >= 11 is 0. The van der Waals surface area contributed by atoms with Crippen LogP contribution >= 0.6 is 0 Å². The number of nitrogens with zero attached hydrogens (tertiary/aromatic N) is 3. The van der Waals surface area contributed by atoms with Gasteiger partial charge in [-0.2, -0.15) is 5.10 Å². The largest absolute Gasteiger partial charge is 0.391 e. The van der Waals surface area contributed by atoms with E-state index in [1.165, 1.54) is 5.56 Å². The molecule has 102 valence electrons. The van der Waals surface area contributed by atoms with Crippen LogP contribution in [0.3, 0.4) is 0 Å². The first kappa shape index (κ1) is 13.6. The fourth-order valence-corrected chi connectivity index (χ4v) is 2.39. The Balaban J connectivity index is 2.50. The Morgan fingerprint density at radius 2 is 1.84 bits per heavy atom. The van der Waals surface area contributed by atoms with Crippen LogP contribution < -0.4 is 4.90 Å². The number of aryl methyl sites for hydroxylation is 3. The average Bonchev–Trinajstić information content (AvgIpc) is 2.67. The van der Waals surface area contributed by atoms with Gasteiger partial charge in [0.1, 0.15) is 5.82 Å². The van der Waals surface area contributed by atoms with Crippen LogP contribution in [0.1, 0.15) is 23.7 Å². The number of hydrogen-bond acceptors (Lipinski definition) is 3. The minimum absolute atomic E-state index is 0.0113. The third-order valence-electron chi connectivity index (χ3n) is 3.39. The molecule has 0 aliphatic carbocycles. The number of anilines is 2. The maximum absolute atomic E-state index is 9.57. The monoisotopic (exact) mass is 259 g/mol. The van der Waals surface area contributed by atoms with Gasteiger partial charge in [-0.1, -0.05) is 17.7 Å². The Kier molecular flexibility index (Phi) is 3.90. The van der Waals surface area contributed by atoms with Gasteiger partial charge in [0.05, 0.1) is 12.3 Å². The molecule has 0 fully saturated rings. The molecular formula is C15H21N3O. The summed E-state index contributed by atoms with van der Waals surface area (Å²) < 4.78 is 1.84. The quantitative estimate of drug-likeness (QED) is 0.918. The summed E-state index contributed by atoms with van der Waals surface area (Å²) in [7, 11) is 1.92. The Morgan fingerprint density at radius 1 is 1.21 bits per heavy atom. The van der Waals surface area contributed by atoms with Crippen LogP contribution in [0, 0.1) is 13.8 Å². The Hall–Kier alpha value is -1.81. The summed E-state index contributed by atoms with van der Waals surface area (Å²) in [6.07, 6.45) is 0. The van der Waals surface area contributed by atoms with Crippen molar-refractivity contribution in [3.8, 4) is 0 Å². The molecule has 4 heteroatoms. The molecule has 0 saturated heterocycles. The van der Waals surface area contributed by atoms with Crippen molar-refractivity contribution in [3.05, 3.63) is 41.1 Å². The molecule has 1 heterocycles. The molecule has 0 atom stereocenters. The zero-order valence-electron chi connectivity index (χ0n) is 12.0. The molecule has 1 aromatic heterocycles. The van der Waals surface area contributed by atoms with Crippen molar-refractivity contribution in [2.45, 2.75) is 27.4 Å². The summed E-state index contributed by atoms with van der Waals surface area (Å²) in [5.74, 6) is 0.964. The van der Waals surface area contributed by atoms with E-state index >= 15 is 0 Å². The molecule has 0 radical (unpaired) electrons. The zero-order valence-corrected chi connectivity index (χ0v) is 12.0. The van der Waals surface area contributed by atoms with E-state index in [-0.39, 0.29) is 6.61 Å². The number of rotatable bonds is 4. The minimum atomic E-state index is 0.0113. The SMILES string of the molecule is CCN(c1ccc(C)cc1)c1c(CO)c(C)nn1C. The highest BCUT2D eigenvalue weighted by atomic mass is 16.3. The average molecular weight is 259 g/mol. The zero-order chi connectivity index (χ0) is 14.0. The molecule has 4 nitrogen and oxygen atoms in total. The van der Waals surface area contributed by atoms with Crippen molar-refractivity contribution < 1.29 is 5.11 Å². The van der Waals surface area contributed by atoms with Gasteiger partial charge in [-0.3, -0.25) is 4.68 Å². The molecule has 2 rings (SSSR count). The van der Waals surface area contributed by atoms with Crippen molar-refractivity contribution in [1.29, 1.82) is 0 Å². The molecule has 0 saturated carbocycles. The number of hydrogen-bond donors (Lipinski definition) is 1. The molecule has 2 aromatic rings. The Morgan fingerprint density at radius 3 is 2.37 bits per heavy atom. The third-order valence-corrected chi connectivity index (χ3v) is 3.39. The van der Waals surface area contributed by atoms with Crippen LogP contribution in [-0.2, 0) is 13.7 Å². The second kappa shape index (κ2) is 5.45. The van der Waals surface area contributed by atoms with Gasteiger partial charge in [-0.25, -0.2) is 0 Å². The fourth-order valence-electron chi connectivity index (χ4n) is 2.39. The molecule has 0 aliphatic rings. The van der Waals surface area contributed by atoms with Gasteiger partial charge in [0.25, 0.3) is 0 Å². The Labute approximate surface area is 114 Å². The first-order valence-electron chi connectivity index (χ1n) is 6.56. The van der Waals surface area contributed by atoms with Crippen LogP contribution in [0.2, 0.25) is 0 Å². The smallest absolute Gasteiger partial charge is 0.136 e. The van der Waals surface area contributed by atoms with E-state index < -0.39 is 0 Å². The summed E-state index contributed by atoms with van der Waals surface area (Å²) in [6.45, 7) is 6.95. The first-order valence-corrected chi connectivity index (χ1v) is 6.56. The predicted octanol–water partition coefficient (Wildman–Crippen LogP) is 2.69.